The molecule has 34 heavy (non-hydrogen) atoms. The fraction of sp³-hybridized carbons (Fsp3) is 0.308. The number of hydrogen-bond acceptors (Lipinski definition) is 5. The van der Waals surface area contributed by atoms with Gasteiger partial charge in [-0.15, -0.1) is 0 Å². The van der Waals surface area contributed by atoms with Crippen LogP contribution in [-0.2, 0) is 11.3 Å². The maximum Gasteiger partial charge on any atom is 0.267 e. The van der Waals surface area contributed by atoms with E-state index in [0.29, 0.717) is 36.3 Å². The van der Waals surface area contributed by atoms with Gasteiger partial charge in [-0.25, -0.2) is 4.98 Å². The maximum absolute atomic E-state index is 13.3. The number of carbonyl (C=O) groups excluding carboxylic acids is 1. The highest BCUT2D eigenvalue weighted by atomic mass is 16.5. The Hall–Kier alpha value is -3.78. The topological polar surface area (TPSA) is 101 Å². The van der Waals surface area contributed by atoms with Crippen molar-refractivity contribution in [2.75, 3.05) is 6.61 Å². The van der Waals surface area contributed by atoms with E-state index < -0.39 is 5.91 Å². The van der Waals surface area contributed by atoms with Crippen LogP contribution in [0.3, 0.4) is 0 Å². The number of hydrogen-bond donors (Lipinski definition) is 2. The molecule has 0 saturated carbocycles. The lowest BCUT2D eigenvalue weighted by molar-refractivity contribution is 0.0748. The first kappa shape index (κ1) is 23.4. The molecule has 4 aromatic rings. The number of aryl methyl sites for hydroxylation is 1. The van der Waals surface area contributed by atoms with Crippen LogP contribution >= 0.6 is 0 Å². The van der Waals surface area contributed by atoms with Crippen molar-refractivity contribution in [3.8, 4) is 0 Å². The lowest BCUT2D eigenvalue weighted by atomic mass is 10.1. The highest BCUT2D eigenvalue weighted by Gasteiger charge is 2.19. The van der Waals surface area contributed by atoms with E-state index in [1.54, 1.807) is 22.9 Å². The first-order chi connectivity index (χ1) is 16.4. The molecule has 0 radical (unpaired) electrons. The van der Waals surface area contributed by atoms with Gasteiger partial charge in [-0.05, 0) is 51.0 Å². The van der Waals surface area contributed by atoms with Crippen LogP contribution in [-0.4, -0.2) is 32.6 Å². The Kier molecular flexibility index (Phi) is 6.88. The van der Waals surface area contributed by atoms with E-state index in [4.69, 9.17) is 10.1 Å². The molecule has 0 spiro atoms. The molecule has 0 aliphatic heterocycles. The third kappa shape index (κ3) is 4.77. The summed E-state index contributed by atoms with van der Waals surface area (Å²) in [6.07, 6.45) is 2.36. The third-order valence-electron chi connectivity index (χ3n) is 5.69. The van der Waals surface area contributed by atoms with Gasteiger partial charge in [0.25, 0.3) is 11.5 Å². The predicted octanol–water partition coefficient (Wildman–Crippen LogP) is 3.43. The van der Waals surface area contributed by atoms with Gasteiger partial charge in [-0.3, -0.25) is 19.4 Å². The van der Waals surface area contributed by atoms with E-state index in [2.05, 4.69) is 10.3 Å². The summed E-state index contributed by atoms with van der Waals surface area (Å²) in [7, 11) is 0. The van der Waals surface area contributed by atoms with E-state index in [1.807, 2.05) is 57.2 Å². The second kappa shape index (κ2) is 10.0. The van der Waals surface area contributed by atoms with Gasteiger partial charge in [-0.2, -0.15) is 0 Å². The lowest BCUT2D eigenvalue weighted by Crippen LogP contribution is -2.36. The molecule has 176 valence electrons. The minimum Gasteiger partial charge on any atom is -0.379 e. The smallest absolute Gasteiger partial charge is 0.267 e. The van der Waals surface area contributed by atoms with Crippen molar-refractivity contribution >= 4 is 22.6 Å². The standard InChI is InChI=1S/C26H29N5O3/c1-17(2)34-15-9-14-31-23(27)20(25(32)28-18(3)19-10-5-4-6-11-19)16-21-24(31)29-22-12-7-8-13-30(22)26(21)33/h4-8,10-13,16-18,27H,9,14-15H2,1-3H3,(H,28,32)/t18-/m0/s1. The molecule has 0 bridgehead atoms. The summed E-state index contributed by atoms with van der Waals surface area (Å²) in [5, 5.41) is 12.1. The van der Waals surface area contributed by atoms with Gasteiger partial charge >= 0.3 is 0 Å². The Labute approximate surface area is 197 Å². The quantitative estimate of drug-likeness (QED) is 0.311. The van der Waals surface area contributed by atoms with Crippen LogP contribution in [0.5, 0.6) is 0 Å². The number of pyridine rings is 2. The van der Waals surface area contributed by atoms with Crippen LogP contribution in [0.25, 0.3) is 16.7 Å². The summed E-state index contributed by atoms with van der Waals surface area (Å²) in [5.41, 5.74) is 1.70. The van der Waals surface area contributed by atoms with Gasteiger partial charge in [0, 0.05) is 19.3 Å². The van der Waals surface area contributed by atoms with Gasteiger partial charge < -0.3 is 14.6 Å². The average Bonchev–Trinajstić information content (AvgIpc) is 2.83. The van der Waals surface area contributed by atoms with Crippen molar-refractivity contribution in [2.45, 2.75) is 45.9 Å². The summed E-state index contributed by atoms with van der Waals surface area (Å²) in [5.74, 6) is -0.409. The van der Waals surface area contributed by atoms with Crippen molar-refractivity contribution < 1.29 is 9.53 Å². The summed E-state index contributed by atoms with van der Waals surface area (Å²) in [4.78, 5) is 31.2. The van der Waals surface area contributed by atoms with Crippen molar-refractivity contribution in [1.29, 1.82) is 5.41 Å². The molecule has 3 heterocycles. The van der Waals surface area contributed by atoms with Gasteiger partial charge in [0.05, 0.1) is 23.1 Å². The van der Waals surface area contributed by atoms with E-state index in [-0.39, 0.29) is 28.8 Å². The minimum absolute atomic E-state index is 0.0157. The molecule has 1 aromatic carbocycles. The van der Waals surface area contributed by atoms with Crippen LogP contribution in [0.1, 0.15) is 49.2 Å². The molecule has 1 atom stereocenters. The predicted molar refractivity (Wildman–Crippen MR) is 131 cm³/mol. The largest absolute Gasteiger partial charge is 0.379 e. The number of nitrogens with zero attached hydrogens (tertiary/aromatic N) is 3. The van der Waals surface area contributed by atoms with Gasteiger partial charge in [-0.1, -0.05) is 36.4 Å². The van der Waals surface area contributed by atoms with Crippen LogP contribution in [0.15, 0.2) is 65.6 Å². The molecule has 0 aliphatic rings. The van der Waals surface area contributed by atoms with E-state index >= 15 is 0 Å². The summed E-state index contributed by atoms with van der Waals surface area (Å²) < 4.78 is 8.73. The molecule has 4 rings (SSSR count). The second-order valence-electron chi connectivity index (χ2n) is 8.52. The molecule has 1 amide bonds. The molecular formula is C26H29N5O3. The van der Waals surface area contributed by atoms with Crippen molar-refractivity contribution in [3.63, 3.8) is 0 Å². The summed E-state index contributed by atoms with van der Waals surface area (Å²) in [6, 6.07) is 16.2. The van der Waals surface area contributed by atoms with Crippen molar-refractivity contribution in [3.05, 3.63) is 87.8 Å². The number of amides is 1. The Bertz CT molecular complexity index is 1440. The molecule has 0 fully saturated rings. The van der Waals surface area contributed by atoms with Gasteiger partial charge in [0.2, 0.25) is 0 Å². The van der Waals surface area contributed by atoms with E-state index in [9.17, 15) is 9.59 Å². The van der Waals surface area contributed by atoms with Crippen LogP contribution in [0.2, 0.25) is 0 Å². The molecule has 8 nitrogen and oxygen atoms in total. The highest BCUT2D eigenvalue weighted by molar-refractivity contribution is 5.97. The molecule has 0 aliphatic carbocycles. The zero-order valence-corrected chi connectivity index (χ0v) is 19.6. The molecular weight excluding hydrogens is 430 g/mol. The number of fused-ring (bicyclic) bond motifs is 2. The second-order valence-corrected chi connectivity index (χ2v) is 8.52. The normalized spacial score (nSPS) is 12.4. The van der Waals surface area contributed by atoms with E-state index in [1.165, 1.54) is 10.5 Å². The Morgan fingerprint density at radius 3 is 2.59 bits per heavy atom. The number of ether oxygens (including phenoxy) is 1. The number of nitrogens with one attached hydrogen (secondary N) is 2. The van der Waals surface area contributed by atoms with Gasteiger partial charge in [0.15, 0.2) is 0 Å². The maximum atomic E-state index is 13.3. The third-order valence-corrected chi connectivity index (χ3v) is 5.69. The van der Waals surface area contributed by atoms with Crippen molar-refractivity contribution in [2.24, 2.45) is 0 Å². The molecule has 2 N–H and O–H groups in total. The number of aromatic nitrogens is 3. The van der Waals surface area contributed by atoms with Crippen LogP contribution < -0.4 is 16.4 Å². The zero-order chi connectivity index (χ0) is 24.2. The number of carbonyl (C=O) groups is 1. The average molecular weight is 460 g/mol. The fourth-order valence-corrected chi connectivity index (χ4v) is 3.92. The monoisotopic (exact) mass is 459 g/mol. The number of benzene rings is 1. The number of rotatable bonds is 8. The van der Waals surface area contributed by atoms with Crippen molar-refractivity contribution in [1.82, 2.24) is 19.3 Å². The zero-order valence-electron chi connectivity index (χ0n) is 19.6. The minimum atomic E-state index is -0.409. The SMILES string of the molecule is CC(C)OCCCn1c(=N)c(C(=O)N[C@@H](C)c2ccccc2)cc2c(=O)n3ccccc3nc21. The molecule has 3 aromatic heterocycles. The molecule has 8 heteroatoms. The van der Waals surface area contributed by atoms with E-state index in [0.717, 1.165) is 5.56 Å². The lowest BCUT2D eigenvalue weighted by Gasteiger charge is -2.17. The Morgan fingerprint density at radius 2 is 1.85 bits per heavy atom. The Balaban J connectivity index is 1.80. The Morgan fingerprint density at radius 1 is 1.12 bits per heavy atom. The highest BCUT2D eigenvalue weighted by Crippen LogP contribution is 2.14. The molecule has 0 saturated heterocycles. The van der Waals surface area contributed by atoms with Crippen LogP contribution in [0.4, 0.5) is 0 Å². The molecule has 0 unspecified atom stereocenters. The fourth-order valence-electron chi connectivity index (χ4n) is 3.92. The first-order valence-corrected chi connectivity index (χ1v) is 11.4. The summed E-state index contributed by atoms with van der Waals surface area (Å²) >= 11 is 0. The first-order valence-electron chi connectivity index (χ1n) is 11.4. The summed E-state index contributed by atoms with van der Waals surface area (Å²) in [6.45, 7) is 6.71. The van der Waals surface area contributed by atoms with Gasteiger partial charge in [0.1, 0.15) is 16.8 Å². The van der Waals surface area contributed by atoms with Crippen LogP contribution in [0, 0.1) is 5.41 Å².